The van der Waals surface area contributed by atoms with Crippen molar-refractivity contribution in [3.63, 3.8) is 0 Å². The molecule has 3 nitrogen and oxygen atoms in total. The van der Waals surface area contributed by atoms with Crippen molar-refractivity contribution in [2.24, 2.45) is 0 Å². The second-order valence-corrected chi connectivity index (χ2v) is 5.19. The van der Waals surface area contributed by atoms with Crippen LogP contribution in [0.1, 0.15) is 45.8 Å². The van der Waals surface area contributed by atoms with Crippen molar-refractivity contribution in [1.29, 1.82) is 0 Å². The minimum absolute atomic E-state index is 0.414. The van der Waals surface area contributed by atoms with Gasteiger partial charge in [-0.15, -0.1) is 0 Å². The van der Waals surface area contributed by atoms with E-state index in [1.54, 1.807) is 0 Å². The van der Waals surface area contributed by atoms with Gasteiger partial charge in [0.05, 0.1) is 6.10 Å². The fourth-order valence-corrected chi connectivity index (χ4v) is 2.60. The van der Waals surface area contributed by atoms with E-state index >= 15 is 0 Å². The Bertz CT molecular complexity index is 375. The standard InChI is InChI=1S/C17H30N2O/c1-5-18(6-2)13-10-14-19(7-3)17-12-9-8-11-16(17)15(4)20/h8-9,11-12,15,20H,5-7,10,13-14H2,1-4H3/t15-/m0/s1. The Morgan fingerprint density at radius 1 is 1.00 bits per heavy atom. The summed E-state index contributed by atoms with van der Waals surface area (Å²) in [4.78, 5) is 4.82. The molecule has 1 N–H and O–H groups in total. The average Bonchev–Trinajstić information content (AvgIpc) is 2.47. The van der Waals surface area contributed by atoms with Crippen LogP contribution in [0.3, 0.4) is 0 Å². The third-order valence-electron chi connectivity index (χ3n) is 3.91. The number of aliphatic hydroxyl groups is 1. The van der Waals surface area contributed by atoms with Gasteiger partial charge in [-0.1, -0.05) is 32.0 Å². The fraction of sp³-hybridized carbons (Fsp3) is 0.647. The van der Waals surface area contributed by atoms with E-state index in [1.807, 2.05) is 25.1 Å². The molecule has 0 amide bonds. The van der Waals surface area contributed by atoms with Gasteiger partial charge in [0.15, 0.2) is 0 Å². The zero-order valence-electron chi connectivity index (χ0n) is 13.5. The van der Waals surface area contributed by atoms with Gasteiger partial charge in [-0.2, -0.15) is 0 Å². The van der Waals surface area contributed by atoms with Crippen LogP contribution < -0.4 is 4.90 Å². The van der Waals surface area contributed by atoms with E-state index in [2.05, 4.69) is 36.6 Å². The monoisotopic (exact) mass is 278 g/mol. The van der Waals surface area contributed by atoms with Gasteiger partial charge in [-0.3, -0.25) is 0 Å². The molecule has 0 bridgehead atoms. The van der Waals surface area contributed by atoms with Crippen LogP contribution in [0.2, 0.25) is 0 Å². The van der Waals surface area contributed by atoms with Crippen molar-refractivity contribution in [3.05, 3.63) is 29.8 Å². The van der Waals surface area contributed by atoms with Gasteiger partial charge in [-0.05, 0) is 46.0 Å². The second-order valence-electron chi connectivity index (χ2n) is 5.19. The van der Waals surface area contributed by atoms with Gasteiger partial charge in [0.1, 0.15) is 0 Å². The van der Waals surface area contributed by atoms with Crippen molar-refractivity contribution in [2.75, 3.05) is 37.6 Å². The maximum atomic E-state index is 9.90. The normalized spacial score (nSPS) is 12.7. The van der Waals surface area contributed by atoms with Crippen LogP contribution in [-0.2, 0) is 0 Å². The maximum Gasteiger partial charge on any atom is 0.0781 e. The lowest BCUT2D eigenvalue weighted by Crippen LogP contribution is -2.30. The van der Waals surface area contributed by atoms with Crippen LogP contribution in [0.4, 0.5) is 5.69 Å². The number of para-hydroxylation sites is 1. The highest BCUT2D eigenvalue weighted by molar-refractivity contribution is 5.54. The van der Waals surface area contributed by atoms with Gasteiger partial charge in [0.2, 0.25) is 0 Å². The van der Waals surface area contributed by atoms with Crippen LogP contribution in [-0.4, -0.2) is 42.7 Å². The van der Waals surface area contributed by atoms with E-state index in [0.717, 1.165) is 44.7 Å². The summed E-state index contributed by atoms with van der Waals surface area (Å²) in [6.45, 7) is 13.8. The molecule has 0 radical (unpaired) electrons. The largest absolute Gasteiger partial charge is 0.389 e. The minimum Gasteiger partial charge on any atom is -0.389 e. The Morgan fingerprint density at radius 3 is 2.20 bits per heavy atom. The molecule has 114 valence electrons. The Kier molecular flexibility index (Phi) is 7.63. The zero-order valence-corrected chi connectivity index (χ0v) is 13.5. The van der Waals surface area contributed by atoms with Gasteiger partial charge in [0, 0.05) is 24.3 Å². The summed E-state index contributed by atoms with van der Waals surface area (Å²) in [6.07, 6.45) is 0.743. The quantitative estimate of drug-likeness (QED) is 0.751. The van der Waals surface area contributed by atoms with E-state index in [4.69, 9.17) is 0 Å². The first-order valence-corrected chi connectivity index (χ1v) is 7.88. The Labute approximate surface area is 124 Å². The Morgan fingerprint density at radius 2 is 1.65 bits per heavy atom. The predicted molar refractivity (Wildman–Crippen MR) is 87.4 cm³/mol. The number of aliphatic hydroxyl groups excluding tert-OH is 1. The van der Waals surface area contributed by atoms with E-state index in [0.29, 0.717) is 0 Å². The molecule has 0 unspecified atom stereocenters. The van der Waals surface area contributed by atoms with Crippen molar-refractivity contribution >= 4 is 5.69 Å². The van der Waals surface area contributed by atoms with E-state index in [-0.39, 0.29) is 0 Å². The molecule has 3 heteroatoms. The Balaban J connectivity index is 2.67. The molecule has 0 spiro atoms. The molecule has 0 aliphatic heterocycles. The first-order chi connectivity index (χ1) is 9.63. The molecule has 0 aliphatic carbocycles. The molecule has 20 heavy (non-hydrogen) atoms. The number of hydrogen-bond donors (Lipinski definition) is 1. The Hall–Kier alpha value is -1.06. The second kappa shape index (κ2) is 8.98. The van der Waals surface area contributed by atoms with Crippen LogP contribution in [0, 0.1) is 0 Å². The van der Waals surface area contributed by atoms with Crippen molar-refractivity contribution in [3.8, 4) is 0 Å². The molecule has 1 atom stereocenters. The summed E-state index contributed by atoms with van der Waals surface area (Å²) in [5.41, 5.74) is 2.20. The molecule has 0 heterocycles. The van der Waals surface area contributed by atoms with Crippen molar-refractivity contribution < 1.29 is 5.11 Å². The number of nitrogens with zero attached hydrogens (tertiary/aromatic N) is 2. The molecule has 0 aliphatic rings. The van der Waals surface area contributed by atoms with Gasteiger partial charge in [-0.25, -0.2) is 0 Å². The SMILES string of the molecule is CCN(CC)CCCN(CC)c1ccccc1[C@H](C)O. The van der Waals surface area contributed by atoms with E-state index in [9.17, 15) is 5.11 Å². The minimum atomic E-state index is -0.414. The van der Waals surface area contributed by atoms with Crippen LogP contribution in [0.15, 0.2) is 24.3 Å². The molecule has 0 aromatic heterocycles. The van der Waals surface area contributed by atoms with E-state index < -0.39 is 6.10 Å². The highest BCUT2D eigenvalue weighted by Crippen LogP contribution is 2.26. The molecular formula is C17H30N2O. The lowest BCUT2D eigenvalue weighted by molar-refractivity contribution is 0.199. The van der Waals surface area contributed by atoms with Crippen LogP contribution >= 0.6 is 0 Å². The summed E-state index contributed by atoms with van der Waals surface area (Å²) in [7, 11) is 0. The summed E-state index contributed by atoms with van der Waals surface area (Å²) in [5, 5.41) is 9.90. The average molecular weight is 278 g/mol. The lowest BCUT2D eigenvalue weighted by Gasteiger charge is -2.28. The van der Waals surface area contributed by atoms with E-state index in [1.165, 1.54) is 5.69 Å². The van der Waals surface area contributed by atoms with Crippen LogP contribution in [0.25, 0.3) is 0 Å². The fourth-order valence-electron chi connectivity index (χ4n) is 2.60. The summed E-state index contributed by atoms with van der Waals surface area (Å²) < 4.78 is 0. The number of rotatable bonds is 9. The number of anilines is 1. The maximum absolute atomic E-state index is 9.90. The zero-order chi connectivity index (χ0) is 15.0. The first-order valence-electron chi connectivity index (χ1n) is 7.88. The number of benzene rings is 1. The molecule has 1 rings (SSSR count). The highest BCUT2D eigenvalue weighted by atomic mass is 16.3. The summed E-state index contributed by atoms with van der Waals surface area (Å²) in [6, 6.07) is 8.18. The lowest BCUT2D eigenvalue weighted by atomic mass is 10.1. The highest BCUT2D eigenvalue weighted by Gasteiger charge is 2.12. The molecule has 1 aromatic carbocycles. The van der Waals surface area contributed by atoms with Gasteiger partial charge < -0.3 is 14.9 Å². The van der Waals surface area contributed by atoms with Crippen LogP contribution in [0.5, 0.6) is 0 Å². The third kappa shape index (κ3) is 4.80. The van der Waals surface area contributed by atoms with Crippen molar-refractivity contribution in [1.82, 2.24) is 4.90 Å². The topological polar surface area (TPSA) is 26.7 Å². The third-order valence-corrected chi connectivity index (χ3v) is 3.91. The van der Waals surface area contributed by atoms with Gasteiger partial charge in [0.25, 0.3) is 0 Å². The predicted octanol–water partition coefficient (Wildman–Crippen LogP) is 3.30. The van der Waals surface area contributed by atoms with Gasteiger partial charge >= 0.3 is 0 Å². The molecule has 0 fully saturated rings. The summed E-state index contributed by atoms with van der Waals surface area (Å²) >= 11 is 0. The molecular weight excluding hydrogens is 248 g/mol. The van der Waals surface area contributed by atoms with Crippen molar-refractivity contribution in [2.45, 2.75) is 40.2 Å². The molecule has 0 saturated heterocycles. The first kappa shape index (κ1) is 17.0. The molecule has 1 aromatic rings. The molecule has 0 saturated carbocycles. The number of hydrogen-bond acceptors (Lipinski definition) is 3. The smallest absolute Gasteiger partial charge is 0.0781 e. The summed E-state index contributed by atoms with van der Waals surface area (Å²) in [5.74, 6) is 0.